The molecule has 0 bridgehead atoms. The van der Waals surface area contributed by atoms with Crippen molar-refractivity contribution in [1.29, 1.82) is 0 Å². The molecule has 0 aromatic heterocycles. The molecule has 6 heteroatoms. The van der Waals surface area contributed by atoms with E-state index in [1.165, 1.54) is 24.3 Å². The Bertz CT molecular complexity index is 605. The third-order valence-corrected chi connectivity index (χ3v) is 3.24. The Kier molecular flexibility index (Phi) is 5.57. The number of para-hydroxylation sites is 1. The number of carbonyl (C=O) groups excluding carboxylic acids is 1. The van der Waals surface area contributed by atoms with Gasteiger partial charge >= 0.3 is 6.03 Å². The van der Waals surface area contributed by atoms with Crippen LogP contribution in [0.25, 0.3) is 0 Å². The quantitative estimate of drug-likeness (QED) is 0.804. The maximum absolute atomic E-state index is 12.7. The van der Waals surface area contributed by atoms with Gasteiger partial charge in [-0.2, -0.15) is 0 Å². The number of urea groups is 1. The van der Waals surface area contributed by atoms with E-state index >= 15 is 0 Å². The molecule has 2 aromatic carbocycles. The first-order valence-electron chi connectivity index (χ1n) is 6.33. The van der Waals surface area contributed by atoms with Gasteiger partial charge in [0.15, 0.2) is 0 Å². The monoisotopic (exact) mass is 352 g/mol. The second kappa shape index (κ2) is 7.64. The molecule has 0 saturated heterocycles. The fourth-order valence-electron chi connectivity index (χ4n) is 1.60. The van der Waals surface area contributed by atoms with Gasteiger partial charge in [-0.1, -0.05) is 12.1 Å². The zero-order valence-corrected chi connectivity index (χ0v) is 12.7. The van der Waals surface area contributed by atoms with Gasteiger partial charge in [0.25, 0.3) is 0 Å². The first-order chi connectivity index (χ1) is 10.1. The molecule has 0 aliphatic carbocycles. The summed E-state index contributed by atoms with van der Waals surface area (Å²) in [6.07, 6.45) is 0. The second-order valence-corrected chi connectivity index (χ2v) is 5.02. The van der Waals surface area contributed by atoms with E-state index in [1.807, 2.05) is 24.3 Å². The van der Waals surface area contributed by atoms with Crippen molar-refractivity contribution in [2.45, 2.75) is 0 Å². The first-order valence-corrected chi connectivity index (χ1v) is 7.12. The van der Waals surface area contributed by atoms with Gasteiger partial charge < -0.3 is 15.4 Å². The van der Waals surface area contributed by atoms with E-state index in [9.17, 15) is 9.18 Å². The van der Waals surface area contributed by atoms with Gasteiger partial charge in [-0.05, 0) is 52.3 Å². The molecule has 110 valence electrons. The van der Waals surface area contributed by atoms with Gasteiger partial charge in [-0.25, -0.2) is 9.18 Å². The Labute approximate surface area is 130 Å². The Hall–Kier alpha value is -2.08. The van der Waals surface area contributed by atoms with E-state index in [-0.39, 0.29) is 11.8 Å². The van der Waals surface area contributed by atoms with Gasteiger partial charge in [0, 0.05) is 5.69 Å². The minimum absolute atomic E-state index is 0.345. The molecular formula is C15H14BrFN2O2. The van der Waals surface area contributed by atoms with Gasteiger partial charge in [-0.15, -0.1) is 0 Å². The lowest BCUT2D eigenvalue weighted by Crippen LogP contribution is -2.32. The molecule has 0 aliphatic heterocycles. The third kappa shape index (κ3) is 5.07. The number of rotatable bonds is 5. The largest absolute Gasteiger partial charge is 0.491 e. The standard InChI is InChI=1S/C15H14BrFN2O2/c16-13-3-1-2-4-14(13)21-10-9-18-15(20)19-12-7-5-11(17)6-8-12/h1-8H,9-10H2,(H2,18,19,20). The van der Waals surface area contributed by atoms with Crippen molar-refractivity contribution in [3.8, 4) is 5.75 Å². The zero-order chi connectivity index (χ0) is 15.1. The Morgan fingerprint density at radius 1 is 1.14 bits per heavy atom. The fourth-order valence-corrected chi connectivity index (χ4v) is 2.00. The van der Waals surface area contributed by atoms with Crippen LogP contribution in [-0.4, -0.2) is 19.2 Å². The number of nitrogens with one attached hydrogen (secondary N) is 2. The van der Waals surface area contributed by atoms with Crippen molar-refractivity contribution in [2.75, 3.05) is 18.5 Å². The third-order valence-electron chi connectivity index (χ3n) is 2.58. The molecule has 0 fully saturated rings. The SMILES string of the molecule is O=C(NCCOc1ccccc1Br)Nc1ccc(F)cc1. The number of halogens is 2. The number of ether oxygens (including phenoxy) is 1. The highest BCUT2D eigenvalue weighted by Gasteiger charge is 2.02. The number of hydrogen-bond donors (Lipinski definition) is 2. The molecule has 0 heterocycles. The van der Waals surface area contributed by atoms with E-state index < -0.39 is 0 Å². The van der Waals surface area contributed by atoms with Gasteiger partial charge in [0.2, 0.25) is 0 Å². The molecule has 4 nitrogen and oxygen atoms in total. The predicted octanol–water partition coefficient (Wildman–Crippen LogP) is 3.79. The summed E-state index contributed by atoms with van der Waals surface area (Å²) < 4.78 is 19.1. The summed E-state index contributed by atoms with van der Waals surface area (Å²) in [6, 6.07) is 12.7. The highest BCUT2D eigenvalue weighted by molar-refractivity contribution is 9.10. The van der Waals surface area contributed by atoms with Crippen LogP contribution < -0.4 is 15.4 Å². The van der Waals surface area contributed by atoms with Crippen molar-refractivity contribution in [1.82, 2.24) is 5.32 Å². The van der Waals surface area contributed by atoms with E-state index in [4.69, 9.17) is 4.74 Å². The molecular weight excluding hydrogens is 339 g/mol. The van der Waals surface area contributed by atoms with Crippen LogP contribution in [-0.2, 0) is 0 Å². The fraction of sp³-hybridized carbons (Fsp3) is 0.133. The number of anilines is 1. The van der Waals surface area contributed by atoms with Gasteiger partial charge in [0.1, 0.15) is 18.2 Å². The molecule has 2 amide bonds. The second-order valence-electron chi connectivity index (χ2n) is 4.17. The average molecular weight is 353 g/mol. The summed E-state index contributed by atoms with van der Waals surface area (Å²) in [4.78, 5) is 11.6. The van der Waals surface area contributed by atoms with E-state index in [0.717, 1.165) is 10.2 Å². The van der Waals surface area contributed by atoms with Crippen LogP contribution >= 0.6 is 15.9 Å². The lowest BCUT2D eigenvalue weighted by molar-refractivity contribution is 0.247. The summed E-state index contributed by atoms with van der Waals surface area (Å²) in [6.45, 7) is 0.702. The van der Waals surface area contributed by atoms with E-state index in [1.54, 1.807) is 0 Å². The van der Waals surface area contributed by atoms with E-state index in [2.05, 4.69) is 26.6 Å². The summed E-state index contributed by atoms with van der Waals surface area (Å²) in [5.74, 6) is 0.376. The van der Waals surface area contributed by atoms with E-state index in [0.29, 0.717) is 18.8 Å². The summed E-state index contributed by atoms with van der Waals surface area (Å²) in [7, 11) is 0. The molecule has 0 aliphatic rings. The zero-order valence-electron chi connectivity index (χ0n) is 11.1. The number of amides is 2. The topological polar surface area (TPSA) is 50.4 Å². The van der Waals surface area contributed by atoms with Crippen molar-refractivity contribution < 1.29 is 13.9 Å². The summed E-state index contributed by atoms with van der Waals surface area (Å²) >= 11 is 3.37. The molecule has 0 unspecified atom stereocenters. The molecule has 2 rings (SSSR count). The highest BCUT2D eigenvalue weighted by Crippen LogP contribution is 2.23. The predicted molar refractivity (Wildman–Crippen MR) is 83.1 cm³/mol. The molecule has 21 heavy (non-hydrogen) atoms. The van der Waals surface area contributed by atoms with Gasteiger partial charge in [0.05, 0.1) is 11.0 Å². The molecule has 0 saturated carbocycles. The maximum Gasteiger partial charge on any atom is 0.319 e. The normalized spacial score (nSPS) is 10.0. The molecule has 0 spiro atoms. The molecule has 0 atom stereocenters. The maximum atomic E-state index is 12.7. The van der Waals surface area contributed by atoms with Crippen molar-refractivity contribution >= 4 is 27.6 Å². The Balaban J connectivity index is 1.70. The van der Waals surface area contributed by atoms with Crippen molar-refractivity contribution in [3.05, 3.63) is 58.8 Å². The molecule has 2 aromatic rings. The summed E-state index contributed by atoms with van der Waals surface area (Å²) in [5.41, 5.74) is 0.528. The smallest absolute Gasteiger partial charge is 0.319 e. The van der Waals surface area contributed by atoms with Crippen LogP contribution in [0.5, 0.6) is 5.75 Å². The lowest BCUT2D eigenvalue weighted by atomic mass is 10.3. The number of carbonyl (C=O) groups is 1. The Morgan fingerprint density at radius 3 is 2.57 bits per heavy atom. The molecule has 2 N–H and O–H groups in total. The van der Waals surface area contributed by atoms with Crippen LogP contribution in [0, 0.1) is 5.82 Å². The summed E-state index contributed by atoms with van der Waals surface area (Å²) in [5, 5.41) is 5.25. The number of hydrogen-bond acceptors (Lipinski definition) is 2. The number of benzene rings is 2. The van der Waals surface area contributed by atoms with Crippen LogP contribution in [0.4, 0.5) is 14.9 Å². The average Bonchev–Trinajstić information content (AvgIpc) is 2.48. The van der Waals surface area contributed by atoms with Crippen LogP contribution in [0.1, 0.15) is 0 Å². The minimum atomic E-state index is -0.364. The molecule has 0 radical (unpaired) electrons. The van der Waals surface area contributed by atoms with Crippen molar-refractivity contribution in [3.63, 3.8) is 0 Å². The highest BCUT2D eigenvalue weighted by atomic mass is 79.9. The minimum Gasteiger partial charge on any atom is -0.491 e. The van der Waals surface area contributed by atoms with Gasteiger partial charge in [-0.3, -0.25) is 0 Å². The van der Waals surface area contributed by atoms with Crippen LogP contribution in [0.15, 0.2) is 53.0 Å². The van der Waals surface area contributed by atoms with Crippen LogP contribution in [0.2, 0.25) is 0 Å². The lowest BCUT2D eigenvalue weighted by Gasteiger charge is -2.10. The Morgan fingerprint density at radius 2 is 1.86 bits per heavy atom. The van der Waals surface area contributed by atoms with Crippen LogP contribution in [0.3, 0.4) is 0 Å². The first kappa shape index (κ1) is 15.3. The van der Waals surface area contributed by atoms with Crippen molar-refractivity contribution in [2.24, 2.45) is 0 Å².